The van der Waals surface area contributed by atoms with Crippen LogP contribution in [0.3, 0.4) is 0 Å². The SMILES string of the molecule is Cc1c(C(=O)Nc2ccccc2)nnc2cc(-c3ccc(Br)cc3)nn12. The summed E-state index contributed by atoms with van der Waals surface area (Å²) in [5.41, 5.74) is 3.91. The molecule has 2 heterocycles. The molecule has 0 aliphatic rings. The third-order valence-electron chi connectivity index (χ3n) is 3.99. The summed E-state index contributed by atoms with van der Waals surface area (Å²) in [6.07, 6.45) is 0. The van der Waals surface area contributed by atoms with E-state index in [2.05, 4.69) is 36.5 Å². The highest BCUT2D eigenvalue weighted by atomic mass is 79.9. The molecule has 4 aromatic rings. The lowest BCUT2D eigenvalue weighted by molar-refractivity contribution is 0.102. The summed E-state index contributed by atoms with van der Waals surface area (Å²) in [6, 6.07) is 18.9. The fraction of sp³-hybridized carbons (Fsp3) is 0.0526. The molecule has 0 unspecified atom stereocenters. The lowest BCUT2D eigenvalue weighted by Gasteiger charge is -2.07. The second-order valence-corrected chi connectivity index (χ2v) is 6.68. The zero-order valence-corrected chi connectivity index (χ0v) is 15.4. The molecule has 0 saturated carbocycles. The number of amides is 1. The van der Waals surface area contributed by atoms with Crippen LogP contribution in [0.1, 0.15) is 16.2 Å². The first kappa shape index (κ1) is 16.4. The minimum absolute atomic E-state index is 0.242. The second kappa shape index (κ2) is 6.68. The number of para-hydroxylation sites is 1. The van der Waals surface area contributed by atoms with Crippen molar-refractivity contribution < 1.29 is 4.79 Å². The van der Waals surface area contributed by atoms with E-state index in [1.807, 2.05) is 60.7 Å². The number of hydrogen-bond acceptors (Lipinski definition) is 4. The van der Waals surface area contributed by atoms with Crippen molar-refractivity contribution in [2.24, 2.45) is 0 Å². The van der Waals surface area contributed by atoms with Crippen LogP contribution in [-0.4, -0.2) is 25.7 Å². The molecule has 0 aliphatic heterocycles. The number of carbonyl (C=O) groups is 1. The second-order valence-electron chi connectivity index (χ2n) is 5.76. The Hall–Kier alpha value is -3.06. The standard InChI is InChI=1S/C19H14BrN5O/c1-12-18(19(26)21-15-5-3-2-4-6-15)23-22-17-11-16(24-25(12)17)13-7-9-14(20)10-8-13/h2-11H,1H3,(H,21,26). The molecule has 0 radical (unpaired) electrons. The van der Waals surface area contributed by atoms with E-state index in [9.17, 15) is 4.79 Å². The van der Waals surface area contributed by atoms with Gasteiger partial charge in [0.2, 0.25) is 0 Å². The van der Waals surface area contributed by atoms with Gasteiger partial charge in [0.1, 0.15) is 0 Å². The van der Waals surface area contributed by atoms with Crippen LogP contribution in [0.25, 0.3) is 16.9 Å². The summed E-state index contributed by atoms with van der Waals surface area (Å²) >= 11 is 3.42. The van der Waals surface area contributed by atoms with Gasteiger partial charge in [-0.25, -0.2) is 4.52 Å². The molecule has 6 nitrogen and oxygen atoms in total. The summed E-state index contributed by atoms with van der Waals surface area (Å²) in [4.78, 5) is 12.5. The van der Waals surface area contributed by atoms with Gasteiger partial charge in [-0.15, -0.1) is 10.2 Å². The number of benzene rings is 2. The van der Waals surface area contributed by atoms with Gasteiger partial charge in [0.05, 0.1) is 11.4 Å². The van der Waals surface area contributed by atoms with Crippen molar-refractivity contribution in [3.05, 3.63) is 76.5 Å². The fourth-order valence-electron chi connectivity index (χ4n) is 2.65. The van der Waals surface area contributed by atoms with E-state index < -0.39 is 0 Å². The van der Waals surface area contributed by atoms with E-state index in [0.717, 1.165) is 15.7 Å². The van der Waals surface area contributed by atoms with E-state index in [0.29, 0.717) is 17.0 Å². The monoisotopic (exact) mass is 407 g/mol. The maximum atomic E-state index is 12.5. The molecule has 0 fully saturated rings. The van der Waals surface area contributed by atoms with Gasteiger partial charge in [-0.2, -0.15) is 5.10 Å². The predicted molar refractivity (Wildman–Crippen MR) is 103 cm³/mol. The fourth-order valence-corrected chi connectivity index (χ4v) is 2.91. The van der Waals surface area contributed by atoms with E-state index in [1.54, 1.807) is 11.4 Å². The molecule has 0 saturated heterocycles. The number of aromatic nitrogens is 4. The number of anilines is 1. The number of carbonyl (C=O) groups excluding carboxylic acids is 1. The first-order valence-electron chi connectivity index (χ1n) is 7.97. The van der Waals surface area contributed by atoms with Gasteiger partial charge in [-0.3, -0.25) is 4.79 Å². The number of rotatable bonds is 3. The summed E-state index contributed by atoms with van der Waals surface area (Å²) in [7, 11) is 0. The zero-order chi connectivity index (χ0) is 18.1. The molecule has 4 rings (SSSR count). The van der Waals surface area contributed by atoms with Gasteiger partial charge in [0.15, 0.2) is 11.3 Å². The van der Waals surface area contributed by atoms with Crippen molar-refractivity contribution in [2.45, 2.75) is 6.92 Å². The molecule has 7 heteroatoms. The topological polar surface area (TPSA) is 72.2 Å². The molecular weight excluding hydrogens is 394 g/mol. The van der Waals surface area contributed by atoms with Crippen molar-refractivity contribution in [3.8, 4) is 11.3 Å². The number of nitrogens with zero attached hydrogens (tertiary/aromatic N) is 4. The van der Waals surface area contributed by atoms with Gasteiger partial charge in [0, 0.05) is 21.8 Å². The smallest absolute Gasteiger partial charge is 0.278 e. The third kappa shape index (κ3) is 3.09. The van der Waals surface area contributed by atoms with Gasteiger partial charge in [-0.1, -0.05) is 46.3 Å². The van der Waals surface area contributed by atoms with Crippen molar-refractivity contribution >= 4 is 33.2 Å². The molecule has 1 N–H and O–H groups in total. The van der Waals surface area contributed by atoms with Crippen LogP contribution in [-0.2, 0) is 0 Å². The van der Waals surface area contributed by atoms with Crippen LogP contribution in [0.4, 0.5) is 5.69 Å². The molecule has 2 aromatic carbocycles. The van der Waals surface area contributed by atoms with Crippen molar-refractivity contribution in [1.29, 1.82) is 0 Å². The molecule has 1 amide bonds. The van der Waals surface area contributed by atoms with Crippen LogP contribution in [0, 0.1) is 6.92 Å². The summed E-state index contributed by atoms with van der Waals surface area (Å²) < 4.78 is 2.64. The predicted octanol–water partition coefficient (Wildman–Crippen LogP) is 4.11. The molecule has 0 atom stereocenters. The van der Waals surface area contributed by atoms with E-state index in [4.69, 9.17) is 0 Å². The largest absolute Gasteiger partial charge is 0.321 e. The van der Waals surface area contributed by atoms with Crippen molar-refractivity contribution in [2.75, 3.05) is 5.32 Å². The summed E-state index contributed by atoms with van der Waals surface area (Å²) in [5, 5.41) is 15.6. The highest BCUT2D eigenvalue weighted by molar-refractivity contribution is 9.10. The minimum Gasteiger partial charge on any atom is -0.321 e. The van der Waals surface area contributed by atoms with Crippen LogP contribution in [0.2, 0.25) is 0 Å². The zero-order valence-electron chi connectivity index (χ0n) is 13.8. The maximum absolute atomic E-state index is 12.5. The number of nitrogens with one attached hydrogen (secondary N) is 1. The molecule has 0 spiro atoms. The van der Waals surface area contributed by atoms with Crippen LogP contribution in [0.15, 0.2) is 65.1 Å². The number of hydrogen-bond donors (Lipinski definition) is 1. The highest BCUT2D eigenvalue weighted by Gasteiger charge is 2.17. The normalized spacial score (nSPS) is 10.8. The molecule has 0 bridgehead atoms. The maximum Gasteiger partial charge on any atom is 0.278 e. The highest BCUT2D eigenvalue weighted by Crippen LogP contribution is 2.22. The van der Waals surface area contributed by atoms with Crippen molar-refractivity contribution in [1.82, 2.24) is 19.8 Å². The Bertz CT molecular complexity index is 1090. The average Bonchev–Trinajstić information content (AvgIpc) is 3.08. The van der Waals surface area contributed by atoms with E-state index >= 15 is 0 Å². The first-order valence-corrected chi connectivity index (χ1v) is 8.76. The Balaban J connectivity index is 1.70. The number of fused-ring (bicyclic) bond motifs is 1. The van der Waals surface area contributed by atoms with Gasteiger partial charge >= 0.3 is 0 Å². The average molecular weight is 408 g/mol. The Kier molecular flexibility index (Phi) is 4.22. The molecule has 2 aromatic heterocycles. The third-order valence-corrected chi connectivity index (χ3v) is 4.52. The quantitative estimate of drug-likeness (QED) is 0.554. The lowest BCUT2D eigenvalue weighted by atomic mass is 10.2. The minimum atomic E-state index is -0.316. The van der Waals surface area contributed by atoms with Crippen LogP contribution < -0.4 is 5.32 Å². The van der Waals surface area contributed by atoms with Crippen LogP contribution in [0.5, 0.6) is 0 Å². The van der Waals surface area contributed by atoms with Gasteiger partial charge in [0.25, 0.3) is 5.91 Å². The Morgan fingerprint density at radius 1 is 1.04 bits per heavy atom. The number of aryl methyl sites for hydroxylation is 1. The van der Waals surface area contributed by atoms with Crippen molar-refractivity contribution in [3.63, 3.8) is 0 Å². The summed E-state index contributed by atoms with van der Waals surface area (Å²) in [6.45, 7) is 1.81. The number of halogens is 1. The molecule has 26 heavy (non-hydrogen) atoms. The molecule has 128 valence electrons. The molecule has 0 aliphatic carbocycles. The molecular formula is C19H14BrN5O. The Labute approximate surface area is 158 Å². The van der Waals surface area contributed by atoms with E-state index in [-0.39, 0.29) is 11.6 Å². The Morgan fingerprint density at radius 2 is 1.77 bits per heavy atom. The first-order chi connectivity index (χ1) is 12.6. The Morgan fingerprint density at radius 3 is 2.50 bits per heavy atom. The summed E-state index contributed by atoms with van der Waals surface area (Å²) in [5.74, 6) is -0.316. The van der Waals surface area contributed by atoms with E-state index in [1.165, 1.54) is 0 Å². The van der Waals surface area contributed by atoms with Gasteiger partial charge < -0.3 is 5.32 Å². The lowest BCUT2D eigenvalue weighted by Crippen LogP contribution is -2.18. The van der Waals surface area contributed by atoms with Gasteiger partial charge in [-0.05, 0) is 31.2 Å². The van der Waals surface area contributed by atoms with Crippen LogP contribution >= 0.6 is 15.9 Å².